The molecule has 0 aliphatic heterocycles. The van der Waals surface area contributed by atoms with Gasteiger partial charge < -0.3 is 26.6 Å². The molecule has 0 aromatic heterocycles. The van der Waals surface area contributed by atoms with E-state index in [0.29, 0.717) is 0 Å². The van der Waals surface area contributed by atoms with Gasteiger partial charge in [0.05, 0.1) is 6.54 Å². The molecule has 98 valence electrons. The van der Waals surface area contributed by atoms with Crippen LogP contribution in [0.4, 0.5) is 4.79 Å². The molecule has 0 saturated heterocycles. The summed E-state index contributed by atoms with van der Waals surface area (Å²) in [5.74, 6) is -2.00. The lowest BCUT2D eigenvalue weighted by Crippen LogP contribution is -2.51. The monoisotopic (exact) mass is 247 g/mol. The third-order valence-corrected chi connectivity index (χ3v) is 1.81. The Morgan fingerprint density at radius 1 is 1.35 bits per heavy atom. The van der Waals surface area contributed by atoms with Gasteiger partial charge in [0, 0.05) is 12.0 Å². The minimum atomic E-state index is -1.67. The van der Waals surface area contributed by atoms with Crippen LogP contribution in [0.1, 0.15) is 20.3 Å². The van der Waals surface area contributed by atoms with Crippen molar-refractivity contribution in [2.75, 3.05) is 6.54 Å². The molecular formula is C9H17N3O5. The maximum Gasteiger partial charge on any atom is 0.334 e. The van der Waals surface area contributed by atoms with Crippen LogP contribution in [0.25, 0.3) is 0 Å². The van der Waals surface area contributed by atoms with Gasteiger partial charge in [-0.05, 0) is 13.8 Å². The molecule has 8 nitrogen and oxygen atoms in total. The number of hydrogen-bond donors (Lipinski definition) is 5. The third kappa shape index (κ3) is 7.12. The second-order valence-electron chi connectivity index (χ2n) is 4.22. The molecule has 0 aromatic carbocycles. The first kappa shape index (κ1) is 15.2. The fourth-order valence-corrected chi connectivity index (χ4v) is 1.11. The number of amides is 3. The number of rotatable bonds is 6. The minimum Gasteiger partial charge on any atom is -0.479 e. The summed E-state index contributed by atoms with van der Waals surface area (Å²) in [5, 5.41) is 21.9. The van der Waals surface area contributed by atoms with Gasteiger partial charge in [-0.15, -0.1) is 0 Å². The van der Waals surface area contributed by atoms with E-state index in [1.165, 1.54) is 0 Å². The van der Waals surface area contributed by atoms with E-state index in [1.807, 2.05) is 0 Å². The number of carbonyl (C=O) groups is 3. The summed E-state index contributed by atoms with van der Waals surface area (Å²) in [6.07, 6.45) is -1.72. The maximum absolute atomic E-state index is 11.3. The van der Waals surface area contributed by atoms with Gasteiger partial charge in [-0.2, -0.15) is 0 Å². The number of carboxylic acid groups (broad SMARTS) is 1. The maximum atomic E-state index is 11.3. The summed E-state index contributed by atoms with van der Waals surface area (Å²) in [7, 11) is 0. The summed E-state index contributed by atoms with van der Waals surface area (Å²) in [6.45, 7) is 2.75. The molecule has 6 N–H and O–H groups in total. The number of hydrogen-bond acceptors (Lipinski definition) is 4. The first-order valence-corrected chi connectivity index (χ1v) is 4.89. The second-order valence-corrected chi connectivity index (χ2v) is 4.22. The fraction of sp³-hybridized carbons (Fsp3) is 0.667. The molecule has 0 aliphatic rings. The molecule has 3 amide bonds. The summed E-state index contributed by atoms with van der Waals surface area (Å²) in [5.41, 5.74) is 4.14. The number of nitrogens with one attached hydrogen (secondary N) is 2. The minimum absolute atomic E-state index is 0.0537. The topological polar surface area (TPSA) is 142 Å². The number of primary amides is 1. The highest BCUT2D eigenvalue weighted by molar-refractivity contribution is 5.79. The van der Waals surface area contributed by atoms with E-state index < -0.39 is 36.1 Å². The highest BCUT2D eigenvalue weighted by Gasteiger charge is 2.23. The van der Waals surface area contributed by atoms with Gasteiger partial charge in [0.25, 0.3) is 0 Å². The van der Waals surface area contributed by atoms with E-state index in [2.05, 4.69) is 10.6 Å². The second kappa shape index (κ2) is 6.04. The highest BCUT2D eigenvalue weighted by Crippen LogP contribution is 2.06. The standard InChI is InChI=1S/C9H17N3O5/c1-9(2,3-6(10)14)12-8(17)11-4-5(13)7(15)16/h5,13H,3-4H2,1-2H3,(H2,10,14)(H,15,16)(H2,11,12,17)/t5-/m0/s1. The zero-order valence-corrected chi connectivity index (χ0v) is 9.69. The summed E-state index contributed by atoms with van der Waals surface area (Å²) < 4.78 is 0. The van der Waals surface area contributed by atoms with Gasteiger partial charge in [-0.25, -0.2) is 9.59 Å². The quantitative estimate of drug-likeness (QED) is 0.383. The highest BCUT2D eigenvalue weighted by atomic mass is 16.4. The molecule has 0 bridgehead atoms. The van der Waals surface area contributed by atoms with E-state index in [0.717, 1.165) is 0 Å². The predicted molar refractivity (Wildman–Crippen MR) is 58.1 cm³/mol. The van der Waals surface area contributed by atoms with Crippen LogP contribution < -0.4 is 16.4 Å². The van der Waals surface area contributed by atoms with Crippen LogP contribution in [-0.4, -0.2) is 46.3 Å². The van der Waals surface area contributed by atoms with Crippen LogP contribution in [0.3, 0.4) is 0 Å². The lowest BCUT2D eigenvalue weighted by atomic mass is 10.0. The molecular weight excluding hydrogens is 230 g/mol. The van der Waals surface area contributed by atoms with Crippen molar-refractivity contribution in [3.05, 3.63) is 0 Å². The fourth-order valence-electron chi connectivity index (χ4n) is 1.11. The van der Waals surface area contributed by atoms with Gasteiger partial charge in [-0.1, -0.05) is 0 Å². The van der Waals surface area contributed by atoms with Gasteiger partial charge in [0.15, 0.2) is 6.10 Å². The summed E-state index contributed by atoms with van der Waals surface area (Å²) in [6, 6.07) is -0.684. The van der Waals surface area contributed by atoms with Crippen LogP contribution in [0, 0.1) is 0 Å². The Balaban J connectivity index is 4.09. The van der Waals surface area contributed by atoms with Gasteiger partial charge >= 0.3 is 12.0 Å². The Labute approximate surface area is 98.2 Å². The predicted octanol–water partition coefficient (Wildman–Crippen LogP) is -1.61. The summed E-state index contributed by atoms with van der Waals surface area (Å²) in [4.78, 5) is 32.2. The number of carboxylic acids is 1. The molecule has 0 fully saturated rings. The smallest absolute Gasteiger partial charge is 0.334 e. The average Bonchev–Trinajstić information content (AvgIpc) is 2.10. The molecule has 1 atom stereocenters. The molecule has 17 heavy (non-hydrogen) atoms. The zero-order chi connectivity index (χ0) is 13.6. The number of aliphatic hydroxyl groups is 1. The lowest BCUT2D eigenvalue weighted by Gasteiger charge is -2.24. The number of nitrogens with two attached hydrogens (primary N) is 1. The Bertz CT molecular complexity index is 316. The first-order chi connectivity index (χ1) is 7.64. The number of carbonyl (C=O) groups excluding carboxylic acids is 2. The first-order valence-electron chi connectivity index (χ1n) is 4.89. The Kier molecular flexibility index (Phi) is 5.39. The van der Waals surface area contributed by atoms with Crippen molar-refractivity contribution in [2.24, 2.45) is 5.73 Å². The summed E-state index contributed by atoms with van der Waals surface area (Å²) >= 11 is 0. The van der Waals surface area contributed by atoms with Crippen LogP contribution in [0.15, 0.2) is 0 Å². The van der Waals surface area contributed by atoms with Crippen molar-refractivity contribution in [1.82, 2.24) is 10.6 Å². The number of aliphatic hydroxyl groups excluding tert-OH is 1. The number of urea groups is 1. The van der Waals surface area contributed by atoms with Gasteiger partial charge in [0.2, 0.25) is 5.91 Å². The lowest BCUT2D eigenvalue weighted by molar-refractivity contribution is -0.146. The third-order valence-electron chi connectivity index (χ3n) is 1.81. The number of aliphatic carboxylic acids is 1. The Morgan fingerprint density at radius 3 is 2.29 bits per heavy atom. The molecule has 0 saturated carbocycles. The van der Waals surface area contributed by atoms with Crippen molar-refractivity contribution < 1.29 is 24.6 Å². The van der Waals surface area contributed by atoms with E-state index in [4.69, 9.17) is 15.9 Å². The van der Waals surface area contributed by atoms with Crippen LogP contribution in [-0.2, 0) is 9.59 Å². The zero-order valence-electron chi connectivity index (χ0n) is 9.69. The molecule has 0 aromatic rings. The average molecular weight is 247 g/mol. The normalized spacial score (nSPS) is 12.6. The molecule has 0 radical (unpaired) electrons. The molecule has 0 rings (SSSR count). The molecule has 0 spiro atoms. The van der Waals surface area contributed by atoms with Crippen LogP contribution >= 0.6 is 0 Å². The van der Waals surface area contributed by atoms with Gasteiger partial charge in [0.1, 0.15) is 0 Å². The Hall–Kier alpha value is -1.83. The molecule has 0 heterocycles. The van der Waals surface area contributed by atoms with Gasteiger partial charge in [-0.3, -0.25) is 4.79 Å². The SMILES string of the molecule is CC(C)(CC(N)=O)NC(=O)NC[C@H](O)C(=O)O. The largest absolute Gasteiger partial charge is 0.479 e. The van der Waals surface area contributed by atoms with Crippen molar-refractivity contribution in [3.8, 4) is 0 Å². The van der Waals surface area contributed by atoms with E-state index >= 15 is 0 Å². The molecule has 8 heteroatoms. The van der Waals surface area contributed by atoms with E-state index in [-0.39, 0.29) is 6.42 Å². The Morgan fingerprint density at radius 2 is 1.88 bits per heavy atom. The molecule has 0 unspecified atom stereocenters. The van der Waals surface area contributed by atoms with Crippen molar-refractivity contribution >= 4 is 17.9 Å². The van der Waals surface area contributed by atoms with Crippen LogP contribution in [0.2, 0.25) is 0 Å². The van der Waals surface area contributed by atoms with E-state index in [1.54, 1.807) is 13.8 Å². The van der Waals surface area contributed by atoms with E-state index in [9.17, 15) is 14.4 Å². The van der Waals surface area contributed by atoms with Crippen molar-refractivity contribution in [2.45, 2.75) is 31.9 Å². The van der Waals surface area contributed by atoms with Crippen molar-refractivity contribution in [3.63, 3.8) is 0 Å². The molecule has 0 aliphatic carbocycles. The van der Waals surface area contributed by atoms with Crippen LogP contribution in [0.5, 0.6) is 0 Å². The van der Waals surface area contributed by atoms with Crippen molar-refractivity contribution in [1.29, 1.82) is 0 Å².